The van der Waals surface area contributed by atoms with Crippen LogP contribution < -0.4 is 5.73 Å². The van der Waals surface area contributed by atoms with Crippen molar-refractivity contribution in [1.29, 1.82) is 0 Å². The largest absolute Gasteiger partial charge is 0.396 e. The van der Waals surface area contributed by atoms with Gasteiger partial charge in [-0.2, -0.15) is 0 Å². The number of carbonyl (C=O) groups excluding carboxylic acids is 1. The van der Waals surface area contributed by atoms with Gasteiger partial charge in [0.25, 0.3) is 0 Å². The Hall–Kier alpha value is -0.680. The first-order valence-electron chi connectivity index (χ1n) is 3.80. The lowest BCUT2D eigenvalue weighted by atomic mass is 10.0. The van der Waals surface area contributed by atoms with Crippen molar-refractivity contribution >= 4 is 5.91 Å². The quantitative estimate of drug-likeness (QED) is 0.495. The Balaban J connectivity index is 2.68. The highest BCUT2D eigenvalue weighted by atomic mass is 19.1. The van der Waals surface area contributed by atoms with E-state index in [1.54, 1.807) is 0 Å². The van der Waals surface area contributed by atoms with Crippen LogP contribution in [-0.2, 0) is 4.79 Å². The van der Waals surface area contributed by atoms with Crippen LogP contribution in [0.3, 0.4) is 0 Å². The van der Waals surface area contributed by atoms with E-state index in [2.05, 4.69) is 0 Å². The minimum atomic E-state index is -1.51. The second-order valence-corrected chi connectivity index (χ2v) is 3.10. The normalized spacial score (nSPS) is 41.6. The number of aliphatic hydroxyl groups excluding tert-OH is 2. The average Bonchev–Trinajstić information content (AvgIpc) is 2.27. The molecule has 1 saturated carbocycles. The molecule has 0 unspecified atom stereocenters. The summed E-state index contributed by atoms with van der Waals surface area (Å²) in [6.45, 7) is -0.452. The van der Waals surface area contributed by atoms with Crippen LogP contribution in [0.4, 0.5) is 4.39 Å². The van der Waals surface area contributed by atoms with Gasteiger partial charge in [-0.1, -0.05) is 0 Å². The van der Waals surface area contributed by atoms with E-state index in [4.69, 9.17) is 10.8 Å². The van der Waals surface area contributed by atoms with Crippen LogP contribution in [0.5, 0.6) is 0 Å². The van der Waals surface area contributed by atoms with E-state index < -0.39 is 36.6 Å². The van der Waals surface area contributed by atoms with Gasteiger partial charge in [0.05, 0.1) is 18.6 Å². The molecule has 0 bridgehead atoms. The molecular weight excluding hydrogens is 165 g/mol. The number of hydrogen-bond donors (Lipinski definition) is 3. The molecule has 0 saturated heterocycles. The van der Waals surface area contributed by atoms with Crippen molar-refractivity contribution in [2.75, 3.05) is 6.61 Å². The molecule has 4 atom stereocenters. The van der Waals surface area contributed by atoms with Crippen LogP contribution >= 0.6 is 0 Å². The first-order chi connectivity index (χ1) is 5.57. The molecule has 0 spiro atoms. The van der Waals surface area contributed by atoms with E-state index >= 15 is 0 Å². The molecule has 0 radical (unpaired) electrons. The summed E-state index contributed by atoms with van der Waals surface area (Å²) in [6.07, 6.45) is -2.45. The predicted octanol–water partition coefficient (Wildman–Crippen LogP) is -1.20. The molecule has 0 aliphatic heterocycles. The lowest BCUT2D eigenvalue weighted by Crippen LogP contribution is -2.31. The molecule has 1 rings (SSSR count). The zero-order valence-electron chi connectivity index (χ0n) is 6.48. The van der Waals surface area contributed by atoms with Gasteiger partial charge in [0.15, 0.2) is 0 Å². The highest BCUT2D eigenvalue weighted by molar-refractivity contribution is 5.77. The number of alkyl halides is 1. The summed E-state index contributed by atoms with van der Waals surface area (Å²) in [5, 5.41) is 17.8. The van der Waals surface area contributed by atoms with Crippen molar-refractivity contribution in [2.45, 2.75) is 18.7 Å². The maximum absolute atomic E-state index is 13.1. The zero-order chi connectivity index (χ0) is 9.30. The lowest BCUT2D eigenvalue weighted by Gasteiger charge is -2.13. The maximum Gasteiger partial charge on any atom is 0.223 e. The van der Waals surface area contributed by atoms with Crippen molar-refractivity contribution in [2.24, 2.45) is 17.6 Å². The van der Waals surface area contributed by atoms with E-state index in [0.29, 0.717) is 0 Å². The van der Waals surface area contributed by atoms with Gasteiger partial charge in [-0.05, 0) is 6.42 Å². The number of rotatable bonds is 2. The van der Waals surface area contributed by atoms with Gasteiger partial charge >= 0.3 is 0 Å². The van der Waals surface area contributed by atoms with Gasteiger partial charge in [-0.15, -0.1) is 0 Å². The molecule has 1 aliphatic rings. The third kappa shape index (κ3) is 1.42. The Kier molecular flexibility index (Phi) is 2.64. The van der Waals surface area contributed by atoms with Gasteiger partial charge in [0, 0.05) is 5.92 Å². The number of amides is 1. The lowest BCUT2D eigenvalue weighted by molar-refractivity contribution is -0.123. The van der Waals surface area contributed by atoms with Crippen molar-refractivity contribution in [3.8, 4) is 0 Å². The molecule has 70 valence electrons. The van der Waals surface area contributed by atoms with Crippen LogP contribution in [-0.4, -0.2) is 35.0 Å². The van der Waals surface area contributed by atoms with Crippen LogP contribution in [0.2, 0.25) is 0 Å². The third-order valence-corrected chi connectivity index (χ3v) is 2.36. The van der Waals surface area contributed by atoms with Gasteiger partial charge in [-0.3, -0.25) is 4.79 Å². The minimum absolute atomic E-state index is 0.0156. The average molecular weight is 177 g/mol. The van der Waals surface area contributed by atoms with Crippen LogP contribution in [0.25, 0.3) is 0 Å². The van der Waals surface area contributed by atoms with Crippen LogP contribution in [0.15, 0.2) is 0 Å². The van der Waals surface area contributed by atoms with Gasteiger partial charge in [0.2, 0.25) is 5.91 Å². The Morgan fingerprint density at radius 2 is 2.25 bits per heavy atom. The molecule has 1 aliphatic carbocycles. The molecule has 4 nitrogen and oxygen atoms in total. The Morgan fingerprint density at radius 1 is 1.67 bits per heavy atom. The molecule has 1 amide bonds. The standard InChI is InChI=1S/C7H12FNO3/c8-6-3(7(9)12)1-5(11)4(6)2-10/h3-6,10-11H,1-2H2,(H2,9,12)/t3-,4+,5+,6+/m0/s1. The summed E-state index contributed by atoms with van der Waals surface area (Å²) in [7, 11) is 0. The Labute approximate surface area is 69.2 Å². The summed E-state index contributed by atoms with van der Waals surface area (Å²) in [4.78, 5) is 10.6. The minimum Gasteiger partial charge on any atom is -0.396 e. The van der Waals surface area contributed by atoms with Crippen LogP contribution in [0, 0.1) is 11.8 Å². The van der Waals surface area contributed by atoms with Gasteiger partial charge in [-0.25, -0.2) is 4.39 Å². The number of aliphatic hydroxyl groups is 2. The summed E-state index contributed by atoms with van der Waals surface area (Å²) >= 11 is 0. The smallest absolute Gasteiger partial charge is 0.223 e. The zero-order valence-corrected chi connectivity index (χ0v) is 6.48. The fraction of sp³-hybridized carbons (Fsp3) is 0.857. The van der Waals surface area contributed by atoms with Crippen molar-refractivity contribution in [3.63, 3.8) is 0 Å². The van der Waals surface area contributed by atoms with Crippen molar-refractivity contribution < 1.29 is 19.4 Å². The summed E-state index contributed by atoms with van der Waals surface area (Å²) in [6, 6.07) is 0. The Bertz CT molecular complexity index is 187. The molecule has 4 N–H and O–H groups in total. The van der Waals surface area contributed by atoms with Crippen molar-refractivity contribution in [1.82, 2.24) is 0 Å². The van der Waals surface area contributed by atoms with Crippen LogP contribution in [0.1, 0.15) is 6.42 Å². The molecule has 12 heavy (non-hydrogen) atoms. The predicted molar refractivity (Wildman–Crippen MR) is 38.8 cm³/mol. The van der Waals surface area contributed by atoms with E-state index in [0.717, 1.165) is 0 Å². The fourth-order valence-electron chi connectivity index (χ4n) is 1.57. The molecule has 0 heterocycles. The number of primary amides is 1. The molecule has 0 aromatic heterocycles. The molecule has 0 aromatic carbocycles. The topological polar surface area (TPSA) is 83.6 Å². The number of halogens is 1. The van der Waals surface area contributed by atoms with E-state index in [1.807, 2.05) is 0 Å². The van der Waals surface area contributed by atoms with E-state index in [1.165, 1.54) is 0 Å². The highest BCUT2D eigenvalue weighted by Gasteiger charge is 2.45. The van der Waals surface area contributed by atoms with Gasteiger partial charge < -0.3 is 15.9 Å². The second-order valence-electron chi connectivity index (χ2n) is 3.10. The first-order valence-corrected chi connectivity index (χ1v) is 3.80. The maximum atomic E-state index is 13.1. The third-order valence-electron chi connectivity index (χ3n) is 2.36. The number of hydrogen-bond acceptors (Lipinski definition) is 3. The monoisotopic (exact) mass is 177 g/mol. The summed E-state index contributed by atoms with van der Waals surface area (Å²) < 4.78 is 13.1. The van der Waals surface area contributed by atoms with E-state index in [9.17, 15) is 14.3 Å². The molecule has 5 heteroatoms. The Morgan fingerprint density at radius 3 is 2.50 bits per heavy atom. The summed E-state index contributed by atoms with van der Waals surface area (Å²) in [5.74, 6) is -2.56. The van der Waals surface area contributed by atoms with Crippen molar-refractivity contribution in [3.05, 3.63) is 0 Å². The fourth-order valence-corrected chi connectivity index (χ4v) is 1.57. The first kappa shape index (κ1) is 9.41. The molecular formula is C7H12FNO3. The molecule has 0 aromatic rings. The van der Waals surface area contributed by atoms with Gasteiger partial charge in [0.1, 0.15) is 6.17 Å². The summed E-state index contributed by atoms with van der Waals surface area (Å²) in [5.41, 5.74) is 4.90. The SMILES string of the molecule is NC(=O)[C@H]1C[C@@H](O)[C@@H](CO)[C@@H]1F. The highest BCUT2D eigenvalue weighted by Crippen LogP contribution is 2.33. The number of carbonyl (C=O) groups is 1. The molecule has 1 fully saturated rings. The second kappa shape index (κ2) is 3.37. The number of nitrogens with two attached hydrogens (primary N) is 1. The van der Waals surface area contributed by atoms with E-state index in [-0.39, 0.29) is 6.42 Å².